The van der Waals surface area contributed by atoms with Crippen molar-refractivity contribution in [1.29, 1.82) is 0 Å². The van der Waals surface area contributed by atoms with Crippen LogP contribution in [0.2, 0.25) is 0 Å². The molecule has 0 aliphatic heterocycles. The zero-order valence-corrected chi connectivity index (χ0v) is 12.5. The third kappa shape index (κ3) is 4.03. The van der Waals surface area contributed by atoms with Gasteiger partial charge in [0.1, 0.15) is 0 Å². The molecule has 1 aliphatic rings. The average molecular weight is 333 g/mol. The van der Waals surface area contributed by atoms with Crippen molar-refractivity contribution in [3.8, 4) is 0 Å². The van der Waals surface area contributed by atoms with Gasteiger partial charge in [-0.3, -0.25) is 4.98 Å². The van der Waals surface area contributed by atoms with Crippen LogP contribution in [0.3, 0.4) is 0 Å². The van der Waals surface area contributed by atoms with E-state index in [9.17, 15) is 8.42 Å². The summed E-state index contributed by atoms with van der Waals surface area (Å²) in [6.07, 6.45) is 6.93. The van der Waals surface area contributed by atoms with Crippen LogP contribution in [-0.4, -0.2) is 30.0 Å². The maximum absolute atomic E-state index is 12.0. The molecule has 0 radical (unpaired) electrons. The molecule has 18 heavy (non-hydrogen) atoms. The monoisotopic (exact) mass is 332 g/mol. The van der Waals surface area contributed by atoms with E-state index in [1.807, 2.05) is 12.1 Å². The van der Waals surface area contributed by atoms with Gasteiger partial charge in [0.25, 0.3) is 0 Å². The molecule has 6 heteroatoms. The Hall–Kier alpha value is -0.460. The molecule has 0 spiro atoms. The predicted octanol–water partition coefficient (Wildman–Crippen LogP) is 1.86. The smallest absolute Gasteiger partial charge is 0.212 e. The summed E-state index contributed by atoms with van der Waals surface area (Å²) in [4.78, 5) is 4.18. The van der Waals surface area contributed by atoms with E-state index >= 15 is 0 Å². The first-order chi connectivity index (χ1) is 8.57. The molecular weight excluding hydrogens is 316 g/mol. The van der Waals surface area contributed by atoms with Gasteiger partial charge >= 0.3 is 0 Å². The highest BCUT2D eigenvalue weighted by Gasteiger charge is 2.28. The van der Waals surface area contributed by atoms with Gasteiger partial charge in [-0.15, -0.1) is 0 Å². The van der Waals surface area contributed by atoms with Crippen LogP contribution in [0.4, 0.5) is 0 Å². The van der Waals surface area contributed by atoms with Crippen LogP contribution in [0.5, 0.6) is 0 Å². The van der Waals surface area contributed by atoms with E-state index in [2.05, 4.69) is 25.6 Å². The Morgan fingerprint density at radius 1 is 1.33 bits per heavy atom. The molecule has 1 saturated carbocycles. The molecule has 1 aromatic heterocycles. The van der Waals surface area contributed by atoms with Gasteiger partial charge in [0.05, 0.1) is 5.75 Å². The van der Waals surface area contributed by atoms with Gasteiger partial charge in [0.2, 0.25) is 10.0 Å². The number of pyridine rings is 1. The zero-order valence-electron chi connectivity index (χ0n) is 10.0. The van der Waals surface area contributed by atoms with Crippen LogP contribution in [-0.2, 0) is 16.4 Å². The molecule has 100 valence electrons. The van der Waals surface area contributed by atoms with Crippen LogP contribution >= 0.6 is 15.9 Å². The van der Waals surface area contributed by atoms with Crippen LogP contribution in [0.25, 0.3) is 0 Å². The van der Waals surface area contributed by atoms with Gasteiger partial charge in [-0.1, -0.05) is 22.4 Å². The summed E-state index contributed by atoms with van der Waals surface area (Å²) < 4.78 is 26.7. The Morgan fingerprint density at radius 3 is 2.67 bits per heavy atom. The minimum atomic E-state index is -3.20. The van der Waals surface area contributed by atoms with E-state index in [4.69, 9.17) is 0 Å². The summed E-state index contributed by atoms with van der Waals surface area (Å²) in [5, 5.41) is 0. The van der Waals surface area contributed by atoms with Gasteiger partial charge in [-0.05, 0) is 37.0 Å². The van der Waals surface area contributed by atoms with Gasteiger partial charge in [-0.25, -0.2) is 13.1 Å². The number of aromatic nitrogens is 1. The lowest BCUT2D eigenvalue weighted by atomic mass is 10.2. The van der Waals surface area contributed by atoms with Crippen molar-refractivity contribution in [2.75, 3.05) is 5.75 Å². The van der Waals surface area contributed by atoms with Gasteiger partial charge in [0, 0.05) is 23.3 Å². The summed E-state index contributed by atoms with van der Waals surface area (Å²) in [5.41, 5.74) is 0.997. The summed E-state index contributed by atoms with van der Waals surface area (Å²) in [6.45, 7) is 0. The molecular formula is C12H17BrN2O2S. The quantitative estimate of drug-likeness (QED) is 0.837. The molecule has 0 aromatic carbocycles. The fourth-order valence-corrected chi connectivity index (χ4v) is 4.40. The van der Waals surface area contributed by atoms with Gasteiger partial charge < -0.3 is 0 Å². The first-order valence-electron chi connectivity index (χ1n) is 6.10. The molecule has 0 saturated heterocycles. The maximum atomic E-state index is 12.0. The number of halogens is 1. The second-order valence-corrected chi connectivity index (χ2v) is 7.65. The largest absolute Gasteiger partial charge is 0.265 e. The van der Waals surface area contributed by atoms with E-state index in [1.165, 1.54) is 0 Å². The molecule has 1 aliphatic carbocycles. The number of rotatable bonds is 5. The Morgan fingerprint density at radius 2 is 2.06 bits per heavy atom. The number of nitrogens with zero attached hydrogens (tertiary/aromatic N) is 1. The van der Waals surface area contributed by atoms with Crippen molar-refractivity contribution in [2.45, 2.75) is 36.6 Å². The molecule has 1 heterocycles. The van der Waals surface area contributed by atoms with Crippen molar-refractivity contribution >= 4 is 26.0 Å². The number of aryl methyl sites for hydroxylation is 1. The summed E-state index contributed by atoms with van der Waals surface area (Å²) in [5.74, 6) is 0.132. The zero-order chi connectivity index (χ0) is 13.0. The average Bonchev–Trinajstić information content (AvgIpc) is 2.73. The molecule has 2 unspecified atom stereocenters. The number of hydrogen-bond acceptors (Lipinski definition) is 3. The normalized spacial score (nSPS) is 24.3. The highest BCUT2D eigenvalue weighted by atomic mass is 79.9. The van der Waals surface area contributed by atoms with E-state index < -0.39 is 10.0 Å². The highest BCUT2D eigenvalue weighted by Crippen LogP contribution is 2.26. The minimum Gasteiger partial charge on any atom is -0.265 e. The Kier molecular flexibility index (Phi) is 4.75. The van der Waals surface area contributed by atoms with E-state index in [0.717, 1.165) is 24.8 Å². The molecule has 1 fully saturated rings. The molecule has 4 nitrogen and oxygen atoms in total. The van der Waals surface area contributed by atoms with E-state index in [0.29, 0.717) is 6.42 Å². The second kappa shape index (κ2) is 6.12. The summed E-state index contributed by atoms with van der Waals surface area (Å²) in [7, 11) is -3.20. The number of hydrogen-bond donors (Lipinski definition) is 1. The fourth-order valence-electron chi connectivity index (χ4n) is 2.14. The lowest BCUT2D eigenvalue weighted by Gasteiger charge is -2.16. The molecule has 2 rings (SSSR count). The van der Waals surface area contributed by atoms with E-state index in [-0.39, 0.29) is 16.6 Å². The first-order valence-corrected chi connectivity index (χ1v) is 8.66. The topological polar surface area (TPSA) is 59.1 Å². The van der Waals surface area contributed by atoms with E-state index in [1.54, 1.807) is 12.4 Å². The molecule has 2 atom stereocenters. The summed E-state index contributed by atoms with van der Waals surface area (Å²) in [6, 6.07) is 3.74. The third-order valence-corrected chi connectivity index (χ3v) is 5.67. The summed E-state index contributed by atoms with van der Waals surface area (Å²) >= 11 is 3.52. The third-order valence-electron chi connectivity index (χ3n) is 3.17. The molecule has 0 amide bonds. The van der Waals surface area contributed by atoms with Crippen molar-refractivity contribution < 1.29 is 8.42 Å². The second-order valence-electron chi connectivity index (χ2n) is 4.60. The lowest BCUT2D eigenvalue weighted by Crippen LogP contribution is -2.39. The van der Waals surface area contributed by atoms with Crippen LogP contribution in [0.1, 0.15) is 24.8 Å². The standard InChI is InChI=1S/C12H17BrN2O2S/c13-11-2-1-3-12(11)15-18(16,17)9-6-10-4-7-14-8-5-10/h4-5,7-8,11-12,15H,1-3,6,9H2. The maximum Gasteiger partial charge on any atom is 0.212 e. The van der Waals surface area contributed by atoms with Gasteiger partial charge in [0.15, 0.2) is 0 Å². The number of sulfonamides is 1. The highest BCUT2D eigenvalue weighted by molar-refractivity contribution is 9.09. The van der Waals surface area contributed by atoms with Crippen LogP contribution in [0.15, 0.2) is 24.5 Å². The van der Waals surface area contributed by atoms with Crippen LogP contribution in [0, 0.1) is 0 Å². The SMILES string of the molecule is O=S(=O)(CCc1ccncc1)NC1CCCC1Br. The Bertz CT molecular complexity index is 478. The molecule has 1 N–H and O–H groups in total. The number of nitrogens with one attached hydrogen (secondary N) is 1. The Labute approximate surface area is 116 Å². The van der Waals surface area contributed by atoms with Crippen molar-refractivity contribution in [2.24, 2.45) is 0 Å². The molecule has 1 aromatic rings. The first kappa shape index (κ1) is 14.0. The van der Waals surface area contributed by atoms with Crippen molar-refractivity contribution in [3.05, 3.63) is 30.1 Å². The lowest BCUT2D eigenvalue weighted by molar-refractivity contribution is 0.555. The van der Waals surface area contributed by atoms with Crippen LogP contribution < -0.4 is 4.72 Å². The number of alkyl halides is 1. The van der Waals surface area contributed by atoms with Gasteiger partial charge in [-0.2, -0.15) is 0 Å². The molecule has 0 bridgehead atoms. The Balaban J connectivity index is 1.88. The predicted molar refractivity (Wildman–Crippen MR) is 75.2 cm³/mol. The fraction of sp³-hybridized carbons (Fsp3) is 0.583. The van der Waals surface area contributed by atoms with Crippen molar-refractivity contribution in [3.63, 3.8) is 0 Å². The minimum absolute atomic E-state index is 0.0486. The van der Waals surface area contributed by atoms with Crippen molar-refractivity contribution in [1.82, 2.24) is 9.71 Å².